The summed E-state index contributed by atoms with van der Waals surface area (Å²) in [6, 6.07) is 15.9. The van der Waals surface area contributed by atoms with Gasteiger partial charge in [-0.3, -0.25) is 0 Å². The molecule has 31 heavy (non-hydrogen) atoms. The molecule has 0 bridgehead atoms. The molecule has 1 aliphatic carbocycles. The number of fused-ring (bicyclic) bond motifs is 1. The largest absolute Gasteiger partial charge is 0.365 e. The van der Waals surface area contributed by atoms with Crippen molar-refractivity contribution >= 4 is 27.6 Å². The Balaban J connectivity index is 1.73. The van der Waals surface area contributed by atoms with Crippen LogP contribution in [0.25, 0.3) is 5.69 Å². The Kier molecular flexibility index (Phi) is 5.65. The predicted molar refractivity (Wildman–Crippen MR) is 128 cm³/mol. The number of nitrogens with zero attached hydrogens (tertiary/aromatic N) is 2. The van der Waals surface area contributed by atoms with Gasteiger partial charge in [-0.05, 0) is 92.6 Å². The average molecular weight is 479 g/mol. The summed E-state index contributed by atoms with van der Waals surface area (Å²) in [7, 11) is 0. The van der Waals surface area contributed by atoms with Gasteiger partial charge >= 0.3 is 5.97 Å². The molecule has 2 aromatic carbocycles. The molecule has 0 amide bonds. The van der Waals surface area contributed by atoms with Gasteiger partial charge in [0.15, 0.2) is 0 Å². The van der Waals surface area contributed by atoms with Gasteiger partial charge in [0, 0.05) is 27.1 Å². The lowest BCUT2D eigenvalue weighted by molar-refractivity contribution is 0.0514. The Labute approximate surface area is 192 Å². The number of carbonyl (C=O) groups excluding carboxylic acids is 1. The van der Waals surface area contributed by atoms with Gasteiger partial charge in [-0.1, -0.05) is 41.0 Å². The fourth-order valence-electron chi connectivity index (χ4n) is 4.43. The summed E-state index contributed by atoms with van der Waals surface area (Å²) >= 11 is 3.38. The first kappa shape index (κ1) is 21.6. The summed E-state index contributed by atoms with van der Waals surface area (Å²) < 4.78 is 3.24. The molecule has 4 nitrogen and oxygen atoms in total. The summed E-state index contributed by atoms with van der Waals surface area (Å²) in [4.78, 5) is 17.9. The SMILES string of the molecule is Cc1cc(C)cc(-n2c(C)cc3c2CC(C)(C)C/C3=N\OC(=O)c2ccc(Br)cc2)c1. The van der Waals surface area contributed by atoms with E-state index in [0.717, 1.165) is 34.3 Å². The van der Waals surface area contributed by atoms with Crippen molar-refractivity contribution in [1.29, 1.82) is 0 Å². The average Bonchev–Trinajstić information content (AvgIpc) is 3.00. The summed E-state index contributed by atoms with van der Waals surface area (Å²) in [5.74, 6) is -0.449. The fourth-order valence-corrected chi connectivity index (χ4v) is 4.70. The number of aryl methyl sites for hydroxylation is 3. The number of halogens is 1. The lowest BCUT2D eigenvalue weighted by atomic mass is 9.76. The molecular weight excluding hydrogens is 452 g/mol. The van der Waals surface area contributed by atoms with E-state index in [1.807, 2.05) is 12.1 Å². The highest BCUT2D eigenvalue weighted by atomic mass is 79.9. The van der Waals surface area contributed by atoms with Crippen LogP contribution < -0.4 is 0 Å². The van der Waals surface area contributed by atoms with Crippen LogP contribution in [-0.2, 0) is 11.3 Å². The molecule has 0 aliphatic heterocycles. The zero-order valence-corrected chi connectivity index (χ0v) is 20.2. The van der Waals surface area contributed by atoms with Crippen molar-refractivity contribution < 1.29 is 9.63 Å². The molecule has 5 heteroatoms. The molecule has 0 saturated heterocycles. The fraction of sp³-hybridized carbons (Fsp3) is 0.308. The summed E-state index contributed by atoms with van der Waals surface area (Å²) in [6.07, 6.45) is 1.69. The maximum atomic E-state index is 12.5. The van der Waals surface area contributed by atoms with Crippen LogP contribution in [0.2, 0.25) is 0 Å². The normalized spacial score (nSPS) is 16.3. The van der Waals surface area contributed by atoms with E-state index in [9.17, 15) is 4.79 Å². The van der Waals surface area contributed by atoms with Crippen LogP contribution in [0, 0.1) is 26.2 Å². The molecule has 1 aliphatic rings. The lowest BCUT2D eigenvalue weighted by Crippen LogP contribution is -2.28. The molecule has 0 saturated carbocycles. The highest BCUT2D eigenvalue weighted by molar-refractivity contribution is 9.10. The molecule has 0 spiro atoms. The van der Waals surface area contributed by atoms with Crippen LogP contribution in [-0.4, -0.2) is 16.2 Å². The molecule has 0 fully saturated rings. The van der Waals surface area contributed by atoms with E-state index < -0.39 is 5.97 Å². The first-order valence-corrected chi connectivity index (χ1v) is 11.3. The first-order valence-electron chi connectivity index (χ1n) is 10.5. The third-order valence-electron chi connectivity index (χ3n) is 5.67. The van der Waals surface area contributed by atoms with Gasteiger partial charge in [-0.2, -0.15) is 0 Å². The molecule has 160 valence electrons. The van der Waals surface area contributed by atoms with E-state index >= 15 is 0 Å². The maximum absolute atomic E-state index is 12.5. The topological polar surface area (TPSA) is 43.6 Å². The van der Waals surface area contributed by atoms with E-state index in [1.54, 1.807) is 12.1 Å². The first-order chi connectivity index (χ1) is 14.6. The molecule has 0 radical (unpaired) electrons. The predicted octanol–water partition coefficient (Wildman–Crippen LogP) is 6.70. The van der Waals surface area contributed by atoms with E-state index in [4.69, 9.17) is 4.84 Å². The van der Waals surface area contributed by atoms with Gasteiger partial charge in [-0.25, -0.2) is 4.79 Å². The van der Waals surface area contributed by atoms with Crippen molar-refractivity contribution in [3.63, 3.8) is 0 Å². The molecule has 3 aromatic rings. The second kappa shape index (κ2) is 8.12. The van der Waals surface area contributed by atoms with Crippen molar-refractivity contribution in [2.75, 3.05) is 0 Å². The molecule has 1 heterocycles. The highest BCUT2D eigenvalue weighted by Gasteiger charge is 2.34. The number of carbonyl (C=O) groups is 1. The number of hydrogen-bond acceptors (Lipinski definition) is 3. The van der Waals surface area contributed by atoms with Crippen molar-refractivity contribution in [1.82, 2.24) is 4.57 Å². The van der Waals surface area contributed by atoms with Crippen LogP contribution in [0.4, 0.5) is 0 Å². The minimum Gasteiger partial charge on any atom is -0.318 e. The molecular formula is C26H27BrN2O2. The highest BCUT2D eigenvalue weighted by Crippen LogP contribution is 2.38. The lowest BCUT2D eigenvalue weighted by Gasteiger charge is -2.31. The van der Waals surface area contributed by atoms with E-state index in [-0.39, 0.29) is 5.41 Å². The smallest absolute Gasteiger partial charge is 0.318 e. The van der Waals surface area contributed by atoms with Crippen molar-refractivity contribution in [3.05, 3.63) is 86.6 Å². The van der Waals surface area contributed by atoms with Crippen molar-refractivity contribution in [3.8, 4) is 5.69 Å². The van der Waals surface area contributed by atoms with Crippen LogP contribution in [0.1, 0.15) is 58.7 Å². The molecule has 0 unspecified atom stereocenters. The van der Waals surface area contributed by atoms with Crippen molar-refractivity contribution in [2.24, 2.45) is 10.6 Å². The van der Waals surface area contributed by atoms with Gasteiger partial charge in [0.2, 0.25) is 0 Å². The number of rotatable bonds is 3. The monoisotopic (exact) mass is 478 g/mol. The Hall–Kier alpha value is -2.66. The summed E-state index contributed by atoms with van der Waals surface area (Å²) in [5.41, 5.74) is 8.40. The van der Waals surface area contributed by atoms with Gasteiger partial charge in [0.05, 0.1) is 11.3 Å². The Bertz CT molecular complexity index is 1170. The number of benzene rings is 2. The quantitative estimate of drug-likeness (QED) is 0.310. The van der Waals surface area contributed by atoms with Gasteiger partial charge in [-0.15, -0.1) is 0 Å². The zero-order valence-electron chi connectivity index (χ0n) is 18.6. The number of oxime groups is 1. The number of aromatic nitrogens is 1. The second-order valence-electron chi connectivity index (χ2n) is 9.27. The van der Waals surface area contributed by atoms with E-state index in [1.165, 1.54) is 22.5 Å². The summed E-state index contributed by atoms with van der Waals surface area (Å²) in [6.45, 7) is 10.8. The third kappa shape index (κ3) is 4.52. The molecule has 1 aromatic heterocycles. The minimum atomic E-state index is -0.449. The van der Waals surface area contributed by atoms with Crippen LogP contribution in [0.5, 0.6) is 0 Å². The second-order valence-corrected chi connectivity index (χ2v) is 10.2. The van der Waals surface area contributed by atoms with E-state index in [2.05, 4.69) is 84.5 Å². The zero-order chi connectivity index (χ0) is 22.3. The van der Waals surface area contributed by atoms with Gasteiger partial charge in [0.25, 0.3) is 0 Å². The van der Waals surface area contributed by atoms with Crippen LogP contribution >= 0.6 is 15.9 Å². The Morgan fingerprint density at radius 3 is 2.29 bits per heavy atom. The van der Waals surface area contributed by atoms with Crippen LogP contribution in [0.15, 0.2) is 58.2 Å². The third-order valence-corrected chi connectivity index (χ3v) is 6.20. The van der Waals surface area contributed by atoms with Gasteiger partial charge < -0.3 is 9.40 Å². The maximum Gasteiger partial charge on any atom is 0.365 e. The van der Waals surface area contributed by atoms with Crippen LogP contribution in [0.3, 0.4) is 0 Å². The van der Waals surface area contributed by atoms with E-state index in [0.29, 0.717) is 5.56 Å². The molecule has 0 N–H and O–H groups in total. The minimum absolute atomic E-state index is 0.0112. The Morgan fingerprint density at radius 1 is 1.00 bits per heavy atom. The molecule has 4 rings (SSSR count). The standard InChI is InChI=1S/C26H27BrN2O2/c1-16-10-17(2)12-21(11-16)29-18(3)13-22-23(14-26(4,5)15-24(22)29)28-31-25(30)19-6-8-20(27)9-7-19/h6-13H,14-15H2,1-5H3/b28-23+. The summed E-state index contributed by atoms with van der Waals surface area (Å²) in [5, 5.41) is 4.34. The Morgan fingerprint density at radius 2 is 1.65 bits per heavy atom. The van der Waals surface area contributed by atoms with Gasteiger partial charge in [0.1, 0.15) is 0 Å². The van der Waals surface area contributed by atoms with Crippen molar-refractivity contribution in [2.45, 2.75) is 47.5 Å². The molecule has 0 atom stereocenters. The number of hydrogen-bond donors (Lipinski definition) is 0.